The second-order valence-corrected chi connectivity index (χ2v) is 5.63. The van der Waals surface area contributed by atoms with Crippen LogP contribution >= 0.6 is 0 Å². The van der Waals surface area contributed by atoms with Crippen molar-refractivity contribution in [1.29, 1.82) is 0 Å². The molecule has 108 valence electrons. The summed E-state index contributed by atoms with van der Waals surface area (Å²) >= 11 is 0. The largest absolute Gasteiger partial charge is 0.496 e. The van der Waals surface area contributed by atoms with Crippen LogP contribution in [-0.4, -0.2) is 18.4 Å². The first-order chi connectivity index (χ1) is 8.48. The maximum absolute atomic E-state index is 12.7. The van der Waals surface area contributed by atoms with Gasteiger partial charge in [0.05, 0.1) is 7.11 Å². The Balaban J connectivity index is 3.53. The van der Waals surface area contributed by atoms with E-state index >= 15 is 0 Å². The van der Waals surface area contributed by atoms with Gasteiger partial charge in [-0.3, -0.25) is 0 Å². The second-order valence-electron chi connectivity index (χ2n) is 5.63. The maximum Gasteiger partial charge on any atom is 0.418 e. The van der Waals surface area contributed by atoms with Crippen molar-refractivity contribution in [1.82, 2.24) is 0 Å². The highest BCUT2D eigenvalue weighted by molar-refractivity contribution is 5.49. The third-order valence-corrected chi connectivity index (χ3v) is 2.88. The van der Waals surface area contributed by atoms with E-state index < -0.39 is 12.3 Å². The summed E-state index contributed by atoms with van der Waals surface area (Å²) in [5.41, 5.74) is 0.689. The molecule has 0 aliphatic rings. The third-order valence-electron chi connectivity index (χ3n) is 2.88. The summed E-state index contributed by atoms with van der Waals surface area (Å²) in [7, 11) is 1.31. The molecule has 0 aliphatic heterocycles. The molecule has 0 saturated carbocycles. The molecule has 5 heteroatoms. The monoisotopic (exact) mass is 276 g/mol. The van der Waals surface area contributed by atoms with Crippen LogP contribution < -0.4 is 4.74 Å². The minimum atomic E-state index is -4.71. The molecule has 1 atom stereocenters. The van der Waals surface area contributed by atoms with Gasteiger partial charge in [-0.05, 0) is 18.4 Å². The number of ether oxygens (including phenoxy) is 1. The minimum Gasteiger partial charge on any atom is -0.496 e. The highest BCUT2D eigenvalue weighted by Gasteiger charge is 2.42. The van der Waals surface area contributed by atoms with Crippen LogP contribution in [0.5, 0.6) is 5.75 Å². The summed E-state index contributed by atoms with van der Waals surface area (Å²) in [4.78, 5) is 0. The molecule has 19 heavy (non-hydrogen) atoms. The smallest absolute Gasteiger partial charge is 0.418 e. The summed E-state index contributed by atoms with van der Waals surface area (Å²) in [6.07, 6.45) is -7.25. The summed E-state index contributed by atoms with van der Waals surface area (Å²) in [6, 6.07) is 3.09. The fourth-order valence-corrected chi connectivity index (χ4v) is 1.97. The number of aryl methyl sites for hydroxylation is 1. The fourth-order valence-electron chi connectivity index (χ4n) is 1.97. The van der Waals surface area contributed by atoms with Crippen molar-refractivity contribution in [2.45, 2.75) is 45.4 Å². The van der Waals surface area contributed by atoms with Crippen LogP contribution in [0.4, 0.5) is 13.2 Å². The quantitative estimate of drug-likeness (QED) is 0.887. The van der Waals surface area contributed by atoms with Gasteiger partial charge in [-0.25, -0.2) is 0 Å². The number of hydrogen-bond donors (Lipinski definition) is 1. The lowest BCUT2D eigenvalue weighted by molar-refractivity contribution is -0.207. The molecule has 1 unspecified atom stereocenters. The van der Waals surface area contributed by atoms with E-state index in [1.165, 1.54) is 13.2 Å². The van der Waals surface area contributed by atoms with E-state index in [0.29, 0.717) is 11.1 Å². The first-order valence-electron chi connectivity index (χ1n) is 5.92. The number of aliphatic hydroxyl groups excluding tert-OH is 1. The maximum atomic E-state index is 12.7. The van der Waals surface area contributed by atoms with E-state index in [1.807, 2.05) is 20.8 Å². The molecule has 1 rings (SSSR count). The molecule has 1 aromatic carbocycles. The topological polar surface area (TPSA) is 29.5 Å². The Hall–Kier alpha value is -1.23. The summed E-state index contributed by atoms with van der Waals surface area (Å²) in [5, 5.41) is 9.48. The van der Waals surface area contributed by atoms with Crippen molar-refractivity contribution in [3.8, 4) is 5.75 Å². The third kappa shape index (κ3) is 3.41. The van der Waals surface area contributed by atoms with Crippen LogP contribution in [0.25, 0.3) is 0 Å². The van der Waals surface area contributed by atoms with Crippen LogP contribution in [0.3, 0.4) is 0 Å². The predicted molar refractivity (Wildman–Crippen MR) is 67.4 cm³/mol. The van der Waals surface area contributed by atoms with Crippen molar-refractivity contribution in [2.24, 2.45) is 0 Å². The Kier molecular flexibility index (Phi) is 4.20. The van der Waals surface area contributed by atoms with Crippen molar-refractivity contribution in [2.75, 3.05) is 7.11 Å². The molecule has 0 heterocycles. The summed E-state index contributed by atoms with van der Waals surface area (Å²) < 4.78 is 43.2. The average Bonchev–Trinajstić information content (AvgIpc) is 2.24. The van der Waals surface area contributed by atoms with E-state index in [9.17, 15) is 18.3 Å². The number of methoxy groups -OCH3 is 1. The molecule has 0 spiro atoms. The first kappa shape index (κ1) is 15.8. The molecule has 2 nitrogen and oxygen atoms in total. The van der Waals surface area contributed by atoms with Gasteiger partial charge in [0.25, 0.3) is 0 Å². The second kappa shape index (κ2) is 5.04. The summed E-state index contributed by atoms with van der Waals surface area (Å²) in [5.74, 6) is 0.0999. The number of aliphatic hydroxyl groups is 1. The van der Waals surface area contributed by atoms with Crippen LogP contribution in [0.2, 0.25) is 0 Å². The van der Waals surface area contributed by atoms with Gasteiger partial charge in [0.1, 0.15) is 5.75 Å². The highest BCUT2D eigenvalue weighted by Crippen LogP contribution is 2.42. The molecule has 0 bridgehead atoms. The zero-order chi connectivity index (χ0) is 15.0. The molecule has 1 N–H and O–H groups in total. The Morgan fingerprint density at radius 3 is 2.05 bits per heavy atom. The molecule has 0 saturated heterocycles. The van der Waals surface area contributed by atoms with Crippen molar-refractivity contribution < 1.29 is 23.0 Å². The van der Waals surface area contributed by atoms with E-state index in [4.69, 9.17) is 4.74 Å². The van der Waals surface area contributed by atoms with Gasteiger partial charge in [0.2, 0.25) is 0 Å². The van der Waals surface area contributed by atoms with Crippen LogP contribution in [0, 0.1) is 6.92 Å². The van der Waals surface area contributed by atoms with E-state index in [-0.39, 0.29) is 16.7 Å². The average molecular weight is 276 g/mol. The van der Waals surface area contributed by atoms with Gasteiger partial charge < -0.3 is 9.84 Å². The number of halogens is 3. The molecule has 0 amide bonds. The molecule has 0 fully saturated rings. The molecule has 1 aromatic rings. The predicted octanol–water partition coefficient (Wildman–Crippen LogP) is 3.90. The Morgan fingerprint density at radius 1 is 1.16 bits per heavy atom. The summed E-state index contributed by atoms with van der Waals surface area (Å²) in [6.45, 7) is 7.34. The molecule has 0 radical (unpaired) electrons. The first-order valence-corrected chi connectivity index (χ1v) is 5.92. The van der Waals surface area contributed by atoms with Crippen molar-refractivity contribution in [3.05, 3.63) is 28.8 Å². The van der Waals surface area contributed by atoms with Crippen LogP contribution in [0.15, 0.2) is 12.1 Å². The van der Waals surface area contributed by atoms with Gasteiger partial charge in [0, 0.05) is 11.1 Å². The SMILES string of the molecule is COc1c(C(O)C(F)(F)F)cc(C)cc1C(C)(C)C. The number of alkyl halides is 3. The van der Waals surface area contributed by atoms with Crippen LogP contribution in [0.1, 0.15) is 43.6 Å². The molecule has 0 aliphatic carbocycles. The van der Waals surface area contributed by atoms with Gasteiger partial charge in [0.15, 0.2) is 6.10 Å². The Bertz CT molecular complexity index is 459. The Morgan fingerprint density at radius 2 is 1.68 bits per heavy atom. The van der Waals surface area contributed by atoms with Gasteiger partial charge >= 0.3 is 6.18 Å². The fraction of sp³-hybridized carbons (Fsp3) is 0.571. The number of hydrogen-bond acceptors (Lipinski definition) is 2. The zero-order valence-electron chi connectivity index (χ0n) is 11.7. The Labute approximate surface area is 111 Å². The van der Waals surface area contributed by atoms with E-state index in [0.717, 1.165) is 0 Å². The van der Waals surface area contributed by atoms with Crippen molar-refractivity contribution in [3.63, 3.8) is 0 Å². The molecule has 0 aromatic heterocycles. The van der Waals surface area contributed by atoms with E-state index in [2.05, 4.69) is 0 Å². The van der Waals surface area contributed by atoms with Gasteiger partial charge in [-0.2, -0.15) is 13.2 Å². The lowest BCUT2D eigenvalue weighted by Crippen LogP contribution is -2.23. The minimum absolute atomic E-state index is 0.0999. The lowest BCUT2D eigenvalue weighted by Gasteiger charge is -2.27. The van der Waals surface area contributed by atoms with Crippen molar-refractivity contribution >= 4 is 0 Å². The van der Waals surface area contributed by atoms with Gasteiger partial charge in [-0.15, -0.1) is 0 Å². The molecular formula is C14H19F3O2. The number of rotatable bonds is 2. The standard InChI is InChI=1S/C14H19F3O2/c1-8-6-9(12(18)14(15,16)17)11(19-5)10(7-8)13(2,3)4/h6-7,12,18H,1-5H3. The zero-order valence-corrected chi connectivity index (χ0v) is 11.7. The normalized spacial score (nSPS) is 14.4. The van der Waals surface area contributed by atoms with Crippen LogP contribution in [-0.2, 0) is 5.41 Å². The van der Waals surface area contributed by atoms with E-state index in [1.54, 1.807) is 13.0 Å². The number of benzene rings is 1. The lowest BCUT2D eigenvalue weighted by atomic mass is 9.83. The highest BCUT2D eigenvalue weighted by atomic mass is 19.4. The van der Waals surface area contributed by atoms with Gasteiger partial charge in [-0.1, -0.05) is 32.4 Å². The molecular weight excluding hydrogens is 257 g/mol.